The highest BCUT2D eigenvalue weighted by Gasteiger charge is 2.19. The van der Waals surface area contributed by atoms with Crippen molar-refractivity contribution >= 4 is 17.9 Å². The van der Waals surface area contributed by atoms with Gasteiger partial charge in [-0.15, -0.1) is 0 Å². The topological polar surface area (TPSA) is 78.9 Å². The molecule has 0 aliphatic heterocycles. The zero-order valence-corrected chi connectivity index (χ0v) is 43.0. The first-order chi connectivity index (χ1) is 32.0. The van der Waals surface area contributed by atoms with Gasteiger partial charge in [-0.1, -0.05) is 229 Å². The van der Waals surface area contributed by atoms with Crippen LogP contribution in [0.25, 0.3) is 0 Å². The lowest BCUT2D eigenvalue weighted by Crippen LogP contribution is -2.30. The van der Waals surface area contributed by atoms with Gasteiger partial charge in [-0.2, -0.15) is 0 Å². The molecule has 0 bridgehead atoms. The summed E-state index contributed by atoms with van der Waals surface area (Å²) in [5.41, 5.74) is 0. The molecule has 0 saturated heterocycles. The minimum atomic E-state index is -0.804. The molecule has 65 heavy (non-hydrogen) atoms. The number of carbonyl (C=O) groups is 3. The molecule has 0 rings (SSSR count). The third-order valence-corrected chi connectivity index (χ3v) is 12.0. The van der Waals surface area contributed by atoms with Crippen LogP contribution in [0.5, 0.6) is 0 Å². The average Bonchev–Trinajstić information content (AvgIpc) is 3.30. The third-order valence-electron chi connectivity index (χ3n) is 12.0. The van der Waals surface area contributed by atoms with E-state index in [1.165, 1.54) is 167 Å². The molecular formula is C59H104O6. The van der Waals surface area contributed by atoms with Crippen LogP contribution in [0, 0.1) is 0 Å². The highest BCUT2D eigenvalue weighted by molar-refractivity contribution is 5.71. The zero-order chi connectivity index (χ0) is 47.2. The Bertz CT molecular complexity index is 1180. The fourth-order valence-corrected chi connectivity index (χ4v) is 7.78. The Morgan fingerprint density at radius 2 is 0.631 bits per heavy atom. The second kappa shape index (κ2) is 53.7. The maximum atomic E-state index is 12.8. The molecule has 376 valence electrons. The van der Waals surface area contributed by atoms with Crippen molar-refractivity contribution in [2.24, 2.45) is 0 Å². The summed E-state index contributed by atoms with van der Waals surface area (Å²) in [5, 5.41) is 0. The molecule has 0 radical (unpaired) electrons. The molecule has 0 saturated carbocycles. The van der Waals surface area contributed by atoms with E-state index in [0.29, 0.717) is 19.3 Å². The fourth-order valence-electron chi connectivity index (χ4n) is 7.78. The molecule has 6 nitrogen and oxygen atoms in total. The number of esters is 3. The number of ether oxygens (including phenoxy) is 3. The van der Waals surface area contributed by atoms with Crippen molar-refractivity contribution in [3.05, 3.63) is 60.8 Å². The normalized spacial score (nSPS) is 12.5. The predicted molar refractivity (Wildman–Crippen MR) is 279 cm³/mol. The lowest BCUT2D eigenvalue weighted by atomic mass is 10.1. The molecule has 1 atom stereocenters. The van der Waals surface area contributed by atoms with Crippen molar-refractivity contribution in [1.82, 2.24) is 0 Å². The standard InChI is InChI=1S/C59H104O6/c1-4-7-10-13-16-19-22-25-27-28-29-30-32-34-37-40-43-46-49-52-58(61)64-55-56(54-63-57(60)51-48-45-42-39-36-33-24-21-18-15-12-9-6-3)65-59(62)53-50-47-44-41-38-35-31-26-23-20-17-14-11-8-5-2/h17,20,23,26,28-29,33,36,42,45,56H,4-16,18-19,21-22,24-25,27,30-32,34-35,37-41,43-44,46-55H2,1-3H3/b20-17+,26-23+,29-28+,36-33+,45-42+. The van der Waals surface area contributed by atoms with Crippen LogP contribution in [0.2, 0.25) is 0 Å². The maximum absolute atomic E-state index is 12.8. The molecule has 0 heterocycles. The highest BCUT2D eigenvalue weighted by Crippen LogP contribution is 2.15. The Morgan fingerprint density at radius 3 is 1.08 bits per heavy atom. The molecule has 1 unspecified atom stereocenters. The van der Waals surface area contributed by atoms with Gasteiger partial charge in [0.1, 0.15) is 13.2 Å². The van der Waals surface area contributed by atoms with Crippen LogP contribution >= 0.6 is 0 Å². The number of unbranched alkanes of at least 4 members (excludes halogenated alkanes) is 30. The van der Waals surface area contributed by atoms with E-state index < -0.39 is 6.10 Å². The van der Waals surface area contributed by atoms with Crippen LogP contribution in [0.3, 0.4) is 0 Å². The Kier molecular flexibility index (Phi) is 51.3. The Balaban J connectivity index is 4.41. The first-order valence-corrected chi connectivity index (χ1v) is 27.8. The van der Waals surface area contributed by atoms with Crippen LogP contribution < -0.4 is 0 Å². The van der Waals surface area contributed by atoms with Crippen LogP contribution in [0.15, 0.2) is 60.8 Å². The van der Waals surface area contributed by atoms with Crippen molar-refractivity contribution in [3.63, 3.8) is 0 Å². The summed E-state index contributed by atoms with van der Waals surface area (Å²) in [5.74, 6) is -0.977. The fraction of sp³-hybridized carbons (Fsp3) is 0.780. The lowest BCUT2D eigenvalue weighted by Gasteiger charge is -2.18. The van der Waals surface area contributed by atoms with E-state index in [-0.39, 0.29) is 37.5 Å². The number of allylic oxidation sites excluding steroid dienone is 10. The van der Waals surface area contributed by atoms with Gasteiger partial charge in [0.15, 0.2) is 6.10 Å². The Morgan fingerprint density at radius 1 is 0.323 bits per heavy atom. The molecule has 0 aliphatic rings. The first-order valence-electron chi connectivity index (χ1n) is 27.8. The predicted octanol–water partition coefficient (Wildman–Crippen LogP) is 18.4. The SMILES string of the molecule is CCCCC/C=C/C=C/CCCCCCCCC(=O)OC(COC(=O)CC/C=C/C/C=C/CCCCCCCC)COC(=O)CCCCCCCCC/C=C/CCCCCCCCCC. The van der Waals surface area contributed by atoms with Crippen molar-refractivity contribution in [3.8, 4) is 0 Å². The van der Waals surface area contributed by atoms with Crippen molar-refractivity contribution in [1.29, 1.82) is 0 Å². The number of carbonyl (C=O) groups excluding carboxylic acids is 3. The largest absolute Gasteiger partial charge is 0.462 e. The summed E-state index contributed by atoms with van der Waals surface area (Å²) in [4.78, 5) is 38.0. The first kappa shape index (κ1) is 62.1. The third kappa shape index (κ3) is 51.9. The van der Waals surface area contributed by atoms with Crippen LogP contribution in [0.4, 0.5) is 0 Å². The van der Waals surface area contributed by atoms with Gasteiger partial charge in [-0.3, -0.25) is 14.4 Å². The van der Waals surface area contributed by atoms with Gasteiger partial charge in [0, 0.05) is 19.3 Å². The second-order valence-corrected chi connectivity index (χ2v) is 18.5. The number of rotatable bonds is 50. The van der Waals surface area contributed by atoms with Crippen molar-refractivity contribution in [2.45, 2.75) is 284 Å². The van der Waals surface area contributed by atoms with Gasteiger partial charge >= 0.3 is 17.9 Å². The molecule has 0 aromatic rings. The van der Waals surface area contributed by atoms with Gasteiger partial charge in [0.2, 0.25) is 0 Å². The Labute approximate surface area is 402 Å². The van der Waals surface area contributed by atoms with Crippen LogP contribution in [0.1, 0.15) is 278 Å². The molecule has 0 aliphatic carbocycles. The number of hydrogen-bond donors (Lipinski definition) is 0. The minimum absolute atomic E-state index is 0.0977. The van der Waals surface area contributed by atoms with E-state index in [1.54, 1.807) is 0 Å². The summed E-state index contributed by atoms with van der Waals surface area (Å²) >= 11 is 0. The van der Waals surface area contributed by atoms with E-state index >= 15 is 0 Å². The molecular weight excluding hydrogens is 805 g/mol. The van der Waals surface area contributed by atoms with Gasteiger partial charge < -0.3 is 14.2 Å². The average molecular weight is 909 g/mol. The molecule has 0 spiro atoms. The molecule has 0 N–H and O–H groups in total. The zero-order valence-electron chi connectivity index (χ0n) is 43.0. The molecule has 0 aromatic carbocycles. The summed E-state index contributed by atoms with van der Waals surface area (Å²) in [7, 11) is 0. The molecule has 0 amide bonds. The van der Waals surface area contributed by atoms with Crippen molar-refractivity contribution in [2.75, 3.05) is 13.2 Å². The minimum Gasteiger partial charge on any atom is -0.462 e. The molecule has 0 aromatic heterocycles. The van der Waals surface area contributed by atoms with Crippen LogP contribution in [-0.4, -0.2) is 37.2 Å². The van der Waals surface area contributed by atoms with Crippen molar-refractivity contribution < 1.29 is 28.6 Å². The monoisotopic (exact) mass is 909 g/mol. The van der Waals surface area contributed by atoms with Gasteiger partial charge in [-0.05, 0) is 89.9 Å². The number of hydrogen-bond acceptors (Lipinski definition) is 6. The quantitative estimate of drug-likeness (QED) is 0.0199. The summed E-state index contributed by atoms with van der Waals surface area (Å²) in [6.07, 6.45) is 66.5. The van der Waals surface area contributed by atoms with Gasteiger partial charge in [0.25, 0.3) is 0 Å². The van der Waals surface area contributed by atoms with Crippen LogP contribution in [-0.2, 0) is 28.6 Å². The Hall–Kier alpha value is -2.89. The smallest absolute Gasteiger partial charge is 0.306 e. The second-order valence-electron chi connectivity index (χ2n) is 18.5. The van der Waals surface area contributed by atoms with E-state index in [2.05, 4.69) is 75.5 Å². The lowest BCUT2D eigenvalue weighted by molar-refractivity contribution is -0.166. The van der Waals surface area contributed by atoms with E-state index in [0.717, 1.165) is 64.2 Å². The summed E-state index contributed by atoms with van der Waals surface area (Å²) < 4.78 is 16.8. The van der Waals surface area contributed by atoms with Gasteiger partial charge in [0.05, 0.1) is 0 Å². The molecule has 0 fully saturated rings. The van der Waals surface area contributed by atoms with Gasteiger partial charge in [-0.25, -0.2) is 0 Å². The maximum Gasteiger partial charge on any atom is 0.306 e. The molecule has 6 heteroatoms. The highest BCUT2D eigenvalue weighted by atomic mass is 16.6. The van der Waals surface area contributed by atoms with E-state index in [4.69, 9.17) is 14.2 Å². The summed E-state index contributed by atoms with van der Waals surface area (Å²) in [6, 6.07) is 0. The van der Waals surface area contributed by atoms with E-state index in [1.807, 2.05) is 6.08 Å². The van der Waals surface area contributed by atoms with E-state index in [9.17, 15) is 14.4 Å². The summed E-state index contributed by atoms with van der Waals surface area (Å²) in [6.45, 7) is 6.55.